The van der Waals surface area contributed by atoms with E-state index in [0.29, 0.717) is 19.1 Å². The molecule has 3 atom stereocenters. The molecule has 1 N–H and O–H groups in total. The first-order chi connectivity index (χ1) is 8.23. The van der Waals surface area contributed by atoms with Crippen LogP contribution in [0, 0.1) is 5.92 Å². The van der Waals surface area contributed by atoms with Gasteiger partial charge in [0.1, 0.15) is 0 Å². The number of ether oxygens (including phenoxy) is 3. The molecule has 0 aromatic carbocycles. The molecule has 4 nitrogen and oxygen atoms in total. The van der Waals surface area contributed by atoms with E-state index in [2.05, 4.69) is 0 Å². The molecule has 0 aliphatic carbocycles. The molecule has 3 fully saturated rings. The molecule has 0 saturated carbocycles. The highest BCUT2D eigenvalue weighted by Gasteiger charge is 2.48. The van der Waals surface area contributed by atoms with E-state index >= 15 is 0 Å². The van der Waals surface area contributed by atoms with E-state index < -0.39 is 5.60 Å². The van der Waals surface area contributed by atoms with Crippen molar-refractivity contribution in [3.8, 4) is 0 Å². The van der Waals surface area contributed by atoms with Crippen molar-refractivity contribution < 1.29 is 19.3 Å². The lowest BCUT2D eigenvalue weighted by atomic mass is 9.73. The second kappa shape index (κ2) is 4.50. The molecule has 98 valence electrons. The molecule has 3 rings (SSSR count). The third-order valence-electron chi connectivity index (χ3n) is 4.57. The Hall–Kier alpha value is -0.160. The predicted octanol–water partition coefficient (Wildman–Crippen LogP) is 1.11. The standard InChI is InChI=1S/C13H22O4/c14-13(3-1-5-15-10-13)11-2-6-17-12(8-11)4-7-16-9-12/h11,14H,1-10H2. The zero-order valence-electron chi connectivity index (χ0n) is 10.3. The Morgan fingerprint density at radius 3 is 2.59 bits per heavy atom. The summed E-state index contributed by atoms with van der Waals surface area (Å²) in [7, 11) is 0. The fourth-order valence-corrected chi connectivity index (χ4v) is 3.47. The second-order valence-corrected chi connectivity index (χ2v) is 5.78. The van der Waals surface area contributed by atoms with Crippen LogP contribution in [0.3, 0.4) is 0 Å². The van der Waals surface area contributed by atoms with Crippen molar-refractivity contribution in [2.45, 2.75) is 43.3 Å². The van der Waals surface area contributed by atoms with Crippen molar-refractivity contribution in [1.82, 2.24) is 0 Å². The summed E-state index contributed by atoms with van der Waals surface area (Å²) in [5.74, 6) is 0.304. The maximum atomic E-state index is 10.7. The van der Waals surface area contributed by atoms with Gasteiger partial charge in [0.05, 0.1) is 24.4 Å². The van der Waals surface area contributed by atoms with Crippen molar-refractivity contribution in [2.24, 2.45) is 5.92 Å². The zero-order valence-corrected chi connectivity index (χ0v) is 10.3. The molecular formula is C13H22O4. The van der Waals surface area contributed by atoms with E-state index in [-0.39, 0.29) is 5.60 Å². The van der Waals surface area contributed by atoms with Crippen LogP contribution in [-0.4, -0.2) is 49.3 Å². The molecule has 0 aromatic heterocycles. The summed E-state index contributed by atoms with van der Waals surface area (Å²) in [6.45, 7) is 3.52. The number of aliphatic hydroxyl groups is 1. The minimum atomic E-state index is -0.627. The van der Waals surface area contributed by atoms with E-state index in [4.69, 9.17) is 14.2 Å². The molecule has 3 aliphatic rings. The van der Waals surface area contributed by atoms with Crippen LogP contribution < -0.4 is 0 Å². The Bertz CT molecular complexity index is 267. The molecule has 3 unspecified atom stereocenters. The Labute approximate surface area is 102 Å². The second-order valence-electron chi connectivity index (χ2n) is 5.78. The average molecular weight is 242 g/mol. The highest BCUT2D eigenvalue weighted by atomic mass is 16.6. The van der Waals surface area contributed by atoms with Gasteiger partial charge in [0.2, 0.25) is 0 Å². The maximum Gasteiger partial charge on any atom is 0.0940 e. The normalized spacial score (nSPS) is 47.5. The molecule has 4 heteroatoms. The van der Waals surface area contributed by atoms with E-state index in [0.717, 1.165) is 51.9 Å². The summed E-state index contributed by atoms with van der Waals surface area (Å²) in [6, 6.07) is 0. The highest BCUT2D eigenvalue weighted by Crippen LogP contribution is 2.42. The van der Waals surface area contributed by atoms with E-state index in [1.165, 1.54) is 0 Å². The summed E-state index contributed by atoms with van der Waals surface area (Å²) >= 11 is 0. The SMILES string of the molecule is OC1(C2CCOC3(CCOC3)C2)CCCOC1. The summed E-state index contributed by atoms with van der Waals surface area (Å²) in [5.41, 5.74) is -0.742. The van der Waals surface area contributed by atoms with Crippen LogP contribution in [0.15, 0.2) is 0 Å². The molecule has 17 heavy (non-hydrogen) atoms. The summed E-state index contributed by atoms with van der Waals surface area (Å²) in [5, 5.41) is 10.7. The van der Waals surface area contributed by atoms with Crippen LogP contribution in [-0.2, 0) is 14.2 Å². The van der Waals surface area contributed by atoms with Crippen molar-refractivity contribution >= 4 is 0 Å². The number of rotatable bonds is 1. The Kier molecular flexibility index (Phi) is 3.15. The minimum absolute atomic E-state index is 0.115. The quantitative estimate of drug-likeness (QED) is 0.748. The molecule has 3 saturated heterocycles. The van der Waals surface area contributed by atoms with Gasteiger partial charge >= 0.3 is 0 Å². The zero-order chi connectivity index (χ0) is 11.8. The van der Waals surface area contributed by atoms with Gasteiger partial charge in [-0.15, -0.1) is 0 Å². The smallest absolute Gasteiger partial charge is 0.0940 e. The third-order valence-corrected chi connectivity index (χ3v) is 4.57. The van der Waals surface area contributed by atoms with Gasteiger partial charge in [0, 0.05) is 26.2 Å². The first kappa shape index (κ1) is 11.9. The third kappa shape index (κ3) is 2.24. The van der Waals surface area contributed by atoms with Gasteiger partial charge in [-0.3, -0.25) is 0 Å². The molecule has 0 aromatic rings. The van der Waals surface area contributed by atoms with Crippen LogP contribution in [0.1, 0.15) is 32.1 Å². The maximum absolute atomic E-state index is 10.7. The van der Waals surface area contributed by atoms with Crippen molar-refractivity contribution in [3.63, 3.8) is 0 Å². The van der Waals surface area contributed by atoms with Gasteiger partial charge in [-0.1, -0.05) is 0 Å². The van der Waals surface area contributed by atoms with Crippen molar-refractivity contribution in [3.05, 3.63) is 0 Å². The van der Waals surface area contributed by atoms with E-state index in [1.807, 2.05) is 0 Å². The summed E-state index contributed by atoms with van der Waals surface area (Å²) < 4.78 is 16.9. The van der Waals surface area contributed by atoms with Gasteiger partial charge in [-0.25, -0.2) is 0 Å². The molecule has 3 heterocycles. The van der Waals surface area contributed by atoms with Crippen LogP contribution in [0.25, 0.3) is 0 Å². The van der Waals surface area contributed by atoms with Crippen molar-refractivity contribution in [1.29, 1.82) is 0 Å². The lowest BCUT2D eigenvalue weighted by Crippen LogP contribution is -2.52. The van der Waals surface area contributed by atoms with Crippen LogP contribution >= 0.6 is 0 Å². The van der Waals surface area contributed by atoms with Crippen LogP contribution in [0.2, 0.25) is 0 Å². The van der Waals surface area contributed by atoms with Crippen LogP contribution in [0.5, 0.6) is 0 Å². The lowest BCUT2D eigenvalue weighted by Gasteiger charge is -2.45. The monoisotopic (exact) mass is 242 g/mol. The topological polar surface area (TPSA) is 47.9 Å². The van der Waals surface area contributed by atoms with Gasteiger partial charge in [-0.2, -0.15) is 0 Å². The molecule has 1 spiro atoms. The largest absolute Gasteiger partial charge is 0.387 e. The molecule has 3 aliphatic heterocycles. The molecule has 0 radical (unpaired) electrons. The Morgan fingerprint density at radius 1 is 1.00 bits per heavy atom. The lowest BCUT2D eigenvalue weighted by molar-refractivity contribution is -0.175. The number of hydrogen-bond donors (Lipinski definition) is 1. The average Bonchev–Trinajstić information content (AvgIpc) is 2.78. The van der Waals surface area contributed by atoms with Gasteiger partial charge in [0.25, 0.3) is 0 Å². The Morgan fingerprint density at radius 2 is 1.88 bits per heavy atom. The fourth-order valence-electron chi connectivity index (χ4n) is 3.47. The van der Waals surface area contributed by atoms with Gasteiger partial charge in [0.15, 0.2) is 0 Å². The summed E-state index contributed by atoms with van der Waals surface area (Å²) in [6.07, 6.45) is 4.68. The van der Waals surface area contributed by atoms with E-state index in [1.54, 1.807) is 0 Å². The fraction of sp³-hybridized carbons (Fsp3) is 1.00. The molecule has 0 bridgehead atoms. The predicted molar refractivity (Wildman–Crippen MR) is 61.8 cm³/mol. The minimum Gasteiger partial charge on any atom is -0.387 e. The molecule has 0 amide bonds. The number of hydrogen-bond acceptors (Lipinski definition) is 4. The highest BCUT2D eigenvalue weighted by molar-refractivity contribution is 4.98. The first-order valence-electron chi connectivity index (χ1n) is 6.74. The first-order valence-corrected chi connectivity index (χ1v) is 6.74. The molecular weight excluding hydrogens is 220 g/mol. The van der Waals surface area contributed by atoms with Gasteiger partial charge < -0.3 is 19.3 Å². The Balaban J connectivity index is 1.70. The van der Waals surface area contributed by atoms with Crippen molar-refractivity contribution in [2.75, 3.05) is 33.0 Å². The van der Waals surface area contributed by atoms with Gasteiger partial charge in [-0.05, 0) is 31.6 Å². The summed E-state index contributed by atoms with van der Waals surface area (Å²) in [4.78, 5) is 0. The van der Waals surface area contributed by atoms with E-state index in [9.17, 15) is 5.11 Å². The van der Waals surface area contributed by atoms with Crippen LogP contribution in [0.4, 0.5) is 0 Å².